The summed E-state index contributed by atoms with van der Waals surface area (Å²) in [6, 6.07) is 3.98. The third-order valence-electron chi connectivity index (χ3n) is 4.10. The molecule has 0 saturated heterocycles. The van der Waals surface area contributed by atoms with Crippen molar-refractivity contribution in [3.63, 3.8) is 0 Å². The number of hydrogen-bond donors (Lipinski definition) is 1. The Labute approximate surface area is 145 Å². The highest BCUT2D eigenvalue weighted by Gasteiger charge is 2.26. The Bertz CT molecular complexity index is 867. The summed E-state index contributed by atoms with van der Waals surface area (Å²) in [6.45, 7) is 7.81. The quantitative estimate of drug-likeness (QED) is 0.662. The molecule has 0 aliphatic heterocycles. The van der Waals surface area contributed by atoms with Crippen molar-refractivity contribution in [3.8, 4) is 0 Å². The standard InChI is InChI=1S/C19H20FNO4/c1-9-6-7-14(8-15(9)20)19(24)25-13(5)18(23)17-10(2)16(12(4)22)11(3)21-17/h6-8,13,21H,1-5H3/t13-/m0/s1. The number of H-pyrrole nitrogens is 1. The van der Waals surface area contributed by atoms with Gasteiger partial charge in [-0.3, -0.25) is 9.59 Å². The zero-order valence-electron chi connectivity index (χ0n) is 14.8. The second-order valence-electron chi connectivity index (χ2n) is 6.06. The predicted octanol–water partition coefficient (Wildman–Crippen LogP) is 3.71. The van der Waals surface area contributed by atoms with Crippen LogP contribution < -0.4 is 0 Å². The van der Waals surface area contributed by atoms with Crippen LogP contribution >= 0.6 is 0 Å². The summed E-state index contributed by atoms with van der Waals surface area (Å²) in [6.07, 6.45) is -1.08. The topological polar surface area (TPSA) is 76.2 Å². The van der Waals surface area contributed by atoms with Crippen molar-refractivity contribution in [2.75, 3.05) is 0 Å². The largest absolute Gasteiger partial charge is 0.451 e. The van der Waals surface area contributed by atoms with Gasteiger partial charge in [0.05, 0.1) is 11.3 Å². The number of carbonyl (C=O) groups is 3. The minimum absolute atomic E-state index is 0.0339. The van der Waals surface area contributed by atoms with Gasteiger partial charge >= 0.3 is 5.97 Å². The Balaban J connectivity index is 2.20. The van der Waals surface area contributed by atoms with E-state index in [9.17, 15) is 18.8 Å². The van der Waals surface area contributed by atoms with Crippen molar-refractivity contribution < 1.29 is 23.5 Å². The van der Waals surface area contributed by atoms with Crippen molar-refractivity contribution in [1.29, 1.82) is 0 Å². The van der Waals surface area contributed by atoms with Crippen LogP contribution in [0.2, 0.25) is 0 Å². The minimum atomic E-state index is -1.08. The fraction of sp³-hybridized carbons (Fsp3) is 0.316. The van der Waals surface area contributed by atoms with Gasteiger partial charge in [0.15, 0.2) is 11.9 Å². The van der Waals surface area contributed by atoms with E-state index < -0.39 is 23.7 Å². The number of rotatable bonds is 5. The van der Waals surface area contributed by atoms with Gasteiger partial charge in [-0.2, -0.15) is 0 Å². The molecule has 0 spiro atoms. The van der Waals surface area contributed by atoms with E-state index in [4.69, 9.17) is 4.74 Å². The average molecular weight is 345 g/mol. The Morgan fingerprint density at radius 2 is 1.80 bits per heavy atom. The van der Waals surface area contributed by atoms with Gasteiger partial charge in [0, 0.05) is 11.3 Å². The number of aromatic amines is 1. The Kier molecular flexibility index (Phi) is 5.21. The van der Waals surface area contributed by atoms with Crippen LogP contribution in [0.5, 0.6) is 0 Å². The van der Waals surface area contributed by atoms with Crippen LogP contribution in [0.3, 0.4) is 0 Å². The second kappa shape index (κ2) is 7.01. The molecule has 6 heteroatoms. The highest BCUT2D eigenvalue weighted by molar-refractivity contribution is 6.05. The first-order valence-corrected chi connectivity index (χ1v) is 7.85. The van der Waals surface area contributed by atoms with Crippen LogP contribution in [0.15, 0.2) is 18.2 Å². The molecule has 0 aliphatic rings. The van der Waals surface area contributed by atoms with Gasteiger partial charge in [0.25, 0.3) is 0 Å². The summed E-state index contributed by atoms with van der Waals surface area (Å²) in [5.74, 6) is -1.90. The third kappa shape index (κ3) is 3.68. The van der Waals surface area contributed by atoms with Crippen LogP contribution in [0, 0.1) is 26.6 Å². The highest BCUT2D eigenvalue weighted by Crippen LogP contribution is 2.21. The van der Waals surface area contributed by atoms with Gasteiger partial charge in [-0.25, -0.2) is 9.18 Å². The number of ether oxygens (including phenoxy) is 1. The Morgan fingerprint density at radius 1 is 1.16 bits per heavy atom. The third-order valence-corrected chi connectivity index (χ3v) is 4.10. The fourth-order valence-corrected chi connectivity index (χ4v) is 2.73. The molecule has 2 rings (SSSR count). The van der Waals surface area contributed by atoms with E-state index in [0.29, 0.717) is 22.4 Å². The molecule has 1 aromatic carbocycles. The maximum absolute atomic E-state index is 13.6. The summed E-state index contributed by atoms with van der Waals surface area (Å²) in [4.78, 5) is 39.2. The number of ketones is 2. The Morgan fingerprint density at radius 3 is 2.32 bits per heavy atom. The molecule has 1 heterocycles. The molecular weight excluding hydrogens is 325 g/mol. The second-order valence-corrected chi connectivity index (χ2v) is 6.06. The van der Waals surface area contributed by atoms with E-state index in [1.54, 1.807) is 20.8 Å². The highest BCUT2D eigenvalue weighted by atomic mass is 19.1. The molecule has 0 fully saturated rings. The van der Waals surface area contributed by atoms with Crippen LogP contribution in [-0.2, 0) is 4.74 Å². The molecule has 1 atom stereocenters. The van der Waals surface area contributed by atoms with Crippen molar-refractivity contribution in [3.05, 3.63) is 57.7 Å². The van der Waals surface area contributed by atoms with Gasteiger partial charge in [-0.15, -0.1) is 0 Å². The minimum Gasteiger partial charge on any atom is -0.451 e. The summed E-state index contributed by atoms with van der Waals surface area (Å²) >= 11 is 0. The van der Waals surface area contributed by atoms with E-state index in [2.05, 4.69) is 4.98 Å². The molecule has 25 heavy (non-hydrogen) atoms. The van der Waals surface area contributed by atoms with Crippen molar-refractivity contribution in [2.24, 2.45) is 0 Å². The van der Waals surface area contributed by atoms with Gasteiger partial charge in [-0.05, 0) is 57.9 Å². The summed E-state index contributed by atoms with van der Waals surface area (Å²) < 4.78 is 18.7. The number of carbonyl (C=O) groups excluding carboxylic acids is 3. The summed E-state index contributed by atoms with van der Waals surface area (Å²) in [5, 5.41) is 0. The molecular formula is C19H20FNO4. The maximum Gasteiger partial charge on any atom is 0.338 e. The molecule has 0 radical (unpaired) electrons. The lowest BCUT2D eigenvalue weighted by atomic mass is 10.0. The predicted molar refractivity (Wildman–Crippen MR) is 90.6 cm³/mol. The van der Waals surface area contributed by atoms with E-state index >= 15 is 0 Å². The van der Waals surface area contributed by atoms with E-state index in [1.807, 2.05) is 0 Å². The molecule has 0 unspecified atom stereocenters. The monoisotopic (exact) mass is 345 g/mol. The number of benzene rings is 1. The van der Waals surface area contributed by atoms with Gasteiger partial charge in [0.1, 0.15) is 5.82 Å². The van der Waals surface area contributed by atoms with E-state index in [1.165, 1.54) is 26.0 Å². The first kappa shape index (κ1) is 18.6. The van der Waals surface area contributed by atoms with Gasteiger partial charge < -0.3 is 9.72 Å². The molecule has 0 aliphatic carbocycles. The zero-order valence-corrected chi connectivity index (χ0v) is 14.8. The van der Waals surface area contributed by atoms with Gasteiger partial charge in [-0.1, -0.05) is 6.07 Å². The SMILES string of the molecule is CC(=O)c1c(C)[nH]c(C(=O)[C@H](C)OC(=O)c2ccc(C)c(F)c2)c1C. The first-order valence-electron chi connectivity index (χ1n) is 7.85. The normalized spacial score (nSPS) is 11.9. The summed E-state index contributed by atoms with van der Waals surface area (Å²) in [7, 11) is 0. The van der Waals surface area contributed by atoms with Crippen LogP contribution in [-0.4, -0.2) is 28.6 Å². The van der Waals surface area contributed by atoms with E-state index in [0.717, 1.165) is 6.07 Å². The smallest absolute Gasteiger partial charge is 0.338 e. The number of Topliss-reactive ketones (excluding diaryl/α,β-unsaturated/α-hetero) is 2. The molecule has 0 bridgehead atoms. The molecule has 2 aromatic rings. The molecule has 0 amide bonds. The van der Waals surface area contributed by atoms with Crippen LogP contribution in [0.25, 0.3) is 0 Å². The van der Waals surface area contributed by atoms with Gasteiger partial charge in [0.2, 0.25) is 5.78 Å². The fourth-order valence-electron chi connectivity index (χ4n) is 2.73. The van der Waals surface area contributed by atoms with Crippen molar-refractivity contribution in [2.45, 2.75) is 40.7 Å². The molecule has 132 valence electrons. The maximum atomic E-state index is 13.6. The van der Waals surface area contributed by atoms with Crippen LogP contribution in [0.1, 0.15) is 61.9 Å². The Hall–Kier alpha value is -2.76. The number of aryl methyl sites for hydroxylation is 2. The lowest BCUT2D eigenvalue weighted by molar-refractivity contribution is 0.0316. The molecule has 1 aromatic heterocycles. The number of hydrogen-bond acceptors (Lipinski definition) is 4. The van der Waals surface area contributed by atoms with Crippen molar-refractivity contribution >= 4 is 17.5 Å². The number of esters is 1. The van der Waals surface area contributed by atoms with Crippen LogP contribution in [0.4, 0.5) is 4.39 Å². The van der Waals surface area contributed by atoms with Crippen molar-refractivity contribution in [1.82, 2.24) is 4.98 Å². The molecule has 5 nitrogen and oxygen atoms in total. The number of halogens is 1. The average Bonchev–Trinajstić information content (AvgIpc) is 2.83. The summed E-state index contributed by atoms with van der Waals surface area (Å²) in [5.41, 5.74) is 2.26. The lowest BCUT2D eigenvalue weighted by Gasteiger charge is -2.12. The molecule has 1 N–H and O–H groups in total. The zero-order chi connectivity index (χ0) is 18.9. The van der Waals surface area contributed by atoms with E-state index in [-0.39, 0.29) is 17.0 Å². The number of nitrogens with one attached hydrogen (secondary N) is 1. The first-order chi connectivity index (χ1) is 11.6. The molecule has 0 saturated carbocycles. The lowest BCUT2D eigenvalue weighted by Crippen LogP contribution is -2.25. The number of aromatic nitrogens is 1.